The topological polar surface area (TPSA) is 61.0 Å². The first-order valence-electron chi connectivity index (χ1n) is 6.41. The zero-order chi connectivity index (χ0) is 13.3. The molecule has 0 saturated carbocycles. The van der Waals surface area contributed by atoms with Gasteiger partial charge in [0.1, 0.15) is 11.4 Å². The van der Waals surface area contributed by atoms with Crippen molar-refractivity contribution in [3.8, 4) is 0 Å². The molecule has 0 amide bonds. The minimum absolute atomic E-state index is 0.301. The number of halogens is 1. The quantitative estimate of drug-likeness (QED) is 0.909. The molecule has 1 aromatic heterocycles. The molecule has 1 aliphatic rings. The smallest absolute Gasteiger partial charge is 0.162 e. The second-order valence-electron chi connectivity index (χ2n) is 5.32. The summed E-state index contributed by atoms with van der Waals surface area (Å²) < 4.78 is 6.69. The van der Waals surface area contributed by atoms with E-state index in [4.69, 9.17) is 10.5 Å². The summed E-state index contributed by atoms with van der Waals surface area (Å²) in [5, 5.41) is 0. The van der Waals surface area contributed by atoms with E-state index in [0.717, 1.165) is 36.0 Å². The molecule has 0 bridgehead atoms. The predicted octanol–water partition coefficient (Wildman–Crippen LogP) is 3.36. The van der Waals surface area contributed by atoms with Gasteiger partial charge in [-0.3, -0.25) is 0 Å². The van der Waals surface area contributed by atoms with Gasteiger partial charge < -0.3 is 10.5 Å². The fraction of sp³-hybridized carbons (Fsp3) is 0.692. The lowest BCUT2D eigenvalue weighted by Gasteiger charge is -2.33. The number of aromatic nitrogens is 2. The summed E-state index contributed by atoms with van der Waals surface area (Å²) in [6.45, 7) is 7.02. The van der Waals surface area contributed by atoms with Gasteiger partial charge in [0.15, 0.2) is 5.82 Å². The Hall–Kier alpha value is -0.680. The van der Waals surface area contributed by atoms with Gasteiger partial charge in [0.2, 0.25) is 0 Å². The lowest BCUT2D eigenvalue weighted by molar-refractivity contribution is -0.0761. The second kappa shape index (κ2) is 5.13. The highest BCUT2D eigenvalue weighted by molar-refractivity contribution is 9.10. The van der Waals surface area contributed by atoms with Crippen LogP contribution in [0.5, 0.6) is 0 Å². The molecule has 1 fully saturated rings. The second-order valence-corrected chi connectivity index (χ2v) is 6.12. The molecule has 1 saturated heterocycles. The molecule has 1 unspecified atom stereocenters. The van der Waals surface area contributed by atoms with Crippen LogP contribution in [0.2, 0.25) is 0 Å². The Bertz CT molecular complexity index is 442. The van der Waals surface area contributed by atoms with Gasteiger partial charge >= 0.3 is 0 Å². The van der Waals surface area contributed by atoms with Crippen molar-refractivity contribution in [2.24, 2.45) is 0 Å². The van der Waals surface area contributed by atoms with Crippen molar-refractivity contribution in [1.82, 2.24) is 9.97 Å². The number of nitrogens with zero attached hydrogens (tertiary/aromatic N) is 2. The summed E-state index contributed by atoms with van der Waals surface area (Å²) >= 11 is 3.47. The Kier molecular flexibility index (Phi) is 3.92. The van der Waals surface area contributed by atoms with E-state index in [1.807, 2.05) is 0 Å². The maximum atomic E-state index is 5.97. The molecule has 1 aromatic rings. The molecule has 2 heterocycles. The molecule has 2 rings (SSSR count). The van der Waals surface area contributed by atoms with Crippen molar-refractivity contribution in [1.29, 1.82) is 0 Å². The zero-order valence-electron chi connectivity index (χ0n) is 11.2. The number of ether oxygens (including phenoxy) is 1. The van der Waals surface area contributed by atoms with E-state index in [-0.39, 0.29) is 0 Å². The van der Waals surface area contributed by atoms with E-state index in [2.05, 4.69) is 46.7 Å². The Balaban J connectivity index is 2.45. The molecule has 1 aliphatic heterocycles. The fourth-order valence-electron chi connectivity index (χ4n) is 2.21. The van der Waals surface area contributed by atoms with Gasteiger partial charge in [-0.25, -0.2) is 9.97 Å². The lowest BCUT2D eigenvalue weighted by atomic mass is 9.94. The van der Waals surface area contributed by atoms with Gasteiger partial charge in [-0.05, 0) is 48.0 Å². The lowest BCUT2D eigenvalue weighted by Crippen LogP contribution is -2.33. The number of rotatable bonds is 2. The SMILES string of the molecule is CC(C)c1nc(C2(C)CCCCO2)nc(N)c1Br. The molecule has 18 heavy (non-hydrogen) atoms. The van der Waals surface area contributed by atoms with Crippen LogP contribution in [0.1, 0.15) is 57.5 Å². The van der Waals surface area contributed by atoms with E-state index in [1.54, 1.807) is 0 Å². The Morgan fingerprint density at radius 3 is 2.61 bits per heavy atom. The first kappa shape index (κ1) is 13.7. The number of anilines is 1. The van der Waals surface area contributed by atoms with Crippen LogP contribution < -0.4 is 5.73 Å². The average Bonchev–Trinajstić information content (AvgIpc) is 2.33. The van der Waals surface area contributed by atoms with Gasteiger partial charge in [0.05, 0.1) is 10.2 Å². The normalized spacial score (nSPS) is 24.5. The highest BCUT2D eigenvalue weighted by atomic mass is 79.9. The van der Waals surface area contributed by atoms with Gasteiger partial charge in [-0.1, -0.05) is 13.8 Å². The highest BCUT2D eigenvalue weighted by Crippen LogP contribution is 2.35. The van der Waals surface area contributed by atoms with E-state index in [0.29, 0.717) is 17.6 Å². The minimum atomic E-state index is -0.392. The van der Waals surface area contributed by atoms with E-state index < -0.39 is 5.60 Å². The van der Waals surface area contributed by atoms with Gasteiger partial charge in [0.25, 0.3) is 0 Å². The molecule has 5 heteroatoms. The predicted molar refractivity (Wildman–Crippen MR) is 75.4 cm³/mol. The Morgan fingerprint density at radius 2 is 2.06 bits per heavy atom. The molecule has 100 valence electrons. The number of nitrogens with two attached hydrogens (primary N) is 1. The number of hydrogen-bond acceptors (Lipinski definition) is 4. The molecule has 0 spiro atoms. The molecular weight excluding hydrogens is 294 g/mol. The highest BCUT2D eigenvalue weighted by Gasteiger charge is 2.34. The van der Waals surface area contributed by atoms with Crippen molar-refractivity contribution < 1.29 is 4.74 Å². The van der Waals surface area contributed by atoms with Crippen LogP contribution in [0, 0.1) is 0 Å². The first-order chi connectivity index (χ1) is 8.44. The van der Waals surface area contributed by atoms with Crippen LogP contribution in [0.3, 0.4) is 0 Å². The monoisotopic (exact) mass is 313 g/mol. The summed E-state index contributed by atoms with van der Waals surface area (Å²) in [6.07, 6.45) is 3.21. The molecule has 0 radical (unpaired) electrons. The largest absolute Gasteiger partial charge is 0.383 e. The number of hydrogen-bond donors (Lipinski definition) is 1. The molecule has 0 aliphatic carbocycles. The molecule has 2 N–H and O–H groups in total. The van der Waals surface area contributed by atoms with E-state index >= 15 is 0 Å². The van der Waals surface area contributed by atoms with E-state index in [1.165, 1.54) is 0 Å². The standard InChI is InChI=1S/C13H20BrN3O/c1-8(2)10-9(14)11(15)17-12(16-10)13(3)6-4-5-7-18-13/h8H,4-7H2,1-3H3,(H2,15,16,17). The minimum Gasteiger partial charge on any atom is -0.383 e. The third-order valence-electron chi connectivity index (χ3n) is 3.39. The van der Waals surface area contributed by atoms with Crippen molar-refractivity contribution in [2.75, 3.05) is 12.3 Å². The summed E-state index contributed by atoms with van der Waals surface area (Å²) in [4.78, 5) is 9.07. The zero-order valence-corrected chi connectivity index (χ0v) is 12.7. The van der Waals surface area contributed by atoms with Crippen molar-refractivity contribution in [3.63, 3.8) is 0 Å². The van der Waals surface area contributed by atoms with Crippen molar-refractivity contribution in [2.45, 2.75) is 51.6 Å². The Morgan fingerprint density at radius 1 is 1.33 bits per heavy atom. The number of nitrogen functional groups attached to an aromatic ring is 1. The summed E-state index contributed by atoms with van der Waals surface area (Å²) in [5.74, 6) is 1.52. The van der Waals surface area contributed by atoms with Crippen molar-refractivity contribution >= 4 is 21.7 Å². The maximum absolute atomic E-state index is 5.97. The average molecular weight is 314 g/mol. The molecular formula is C13H20BrN3O. The van der Waals surface area contributed by atoms with Crippen LogP contribution in [0.15, 0.2) is 4.47 Å². The summed E-state index contributed by atoms with van der Waals surface area (Å²) in [6, 6.07) is 0. The van der Waals surface area contributed by atoms with E-state index in [9.17, 15) is 0 Å². The third kappa shape index (κ3) is 2.52. The molecule has 0 aromatic carbocycles. The molecule has 4 nitrogen and oxygen atoms in total. The van der Waals surface area contributed by atoms with Crippen molar-refractivity contribution in [3.05, 3.63) is 16.0 Å². The first-order valence-corrected chi connectivity index (χ1v) is 7.20. The van der Waals surface area contributed by atoms with Gasteiger partial charge in [-0.2, -0.15) is 0 Å². The summed E-state index contributed by atoms with van der Waals surface area (Å²) in [7, 11) is 0. The van der Waals surface area contributed by atoms with Crippen LogP contribution in [0.4, 0.5) is 5.82 Å². The third-order valence-corrected chi connectivity index (χ3v) is 4.20. The van der Waals surface area contributed by atoms with Gasteiger partial charge in [-0.15, -0.1) is 0 Å². The van der Waals surface area contributed by atoms with Crippen LogP contribution >= 0.6 is 15.9 Å². The van der Waals surface area contributed by atoms with Crippen LogP contribution in [-0.2, 0) is 10.3 Å². The summed E-state index contributed by atoms with van der Waals surface area (Å²) in [5.41, 5.74) is 6.53. The molecule has 1 atom stereocenters. The fourth-order valence-corrected chi connectivity index (χ4v) is 2.85. The van der Waals surface area contributed by atoms with Crippen LogP contribution in [0.25, 0.3) is 0 Å². The Labute approximate surface area is 116 Å². The maximum Gasteiger partial charge on any atom is 0.162 e. The van der Waals surface area contributed by atoms with Gasteiger partial charge in [0, 0.05) is 6.61 Å². The van der Waals surface area contributed by atoms with Crippen LogP contribution in [-0.4, -0.2) is 16.6 Å².